The zero-order valence-corrected chi connectivity index (χ0v) is 15.7. The Bertz CT molecular complexity index is 478. The van der Waals surface area contributed by atoms with Gasteiger partial charge in [-0.05, 0) is 31.0 Å². The van der Waals surface area contributed by atoms with Gasteiger partial charge in [-0.25, -0.2) is 0 Å². The third-order valence-corrected chi connectivity index (χ3v) is 3.01. The molecule has 0 heterocycles. The molecule has 0 saturated carbocycles. The molecule has 0 aliphatic rings. The van der Waals surface area contributed by atoms with Crippen molar-refractivity contribution in [2.45, 2.75) is 25.6 Å². The number of rotatable bonds is 6. The number of alkyl halides is 3. The summed E-state index contributed by atoms with van der Waals surface area (Å²) in [5, 5.41) is 6.26. The topological polar surface area (TPSA) is 45.7 Å². The smallest absolute Gasteiger partial charge is 0.383 e. The third-order valence-electron chi connectivity index (χ3n) is 3.01. The van der Waals surface area contributed by atoms with Gasteiger partial charge in [-0.3, -0.25) is 4.99 Å². The van der Waals surface area contributed by atoms with Crippen LogP contribution in [-0.2, 0) is 17.3 Å². The molecule has 1 unspecified atom stereocenters. The SMILES string of the molecule is CN=C(NCCc1ccc(C(F)(F)F)cc1)NC(C)COC.I. The Labute approximate surface area is 151 Å². The Morgan fingerprint density at radius 3 is 2.35 bits per heavy atom. The molecule has 1 aromatic carbocycles. The van der Waals surface area contributed by atoms with Crippen LogP contribution in [0.4, 0.5) is 13.2 Å². The van der Waals surface area contributed by atoms with E-state index in [9.17, 15) is 13.2 Å². The lowest BCUT2D eigenvalue weighted by molar-refractivity contribution is -0.137. The third kappa shape index (κ3) is 8.40. The maximum absolute atomic E-state index is 12.5. The van der Waals surface area contributed by atoms with E-state index < -0.39 is 11.7 Å². The number of ether oxygens (including phenoxy) is 1. The van der Waals surface area contributed by atoms with E-state index in [2.05, 4.69) is 15.6 Å². The zero-order valence-electron chi connectivity index (χ0n) is 13.4. The van der Waals surface area contributed by atoms with E-state index in [4.69, 9.17) is 4.74 Å². The zero-order chi connectivity index (χ0) is 16.6. The van der Waals surface area contributed by atoms with Crippen molar-refractivity contribution in [3.63, 3.8) is 0 Å². The monoisotopic (exact) mass is 445 g/mol. The highest BCUT2D eigenvalue weighted by atomic mass is 127. The summed E-state index contributed by atoms with van der Waals surface area (Å²) in [5.74, 6) is 0.636. The van der Waals surface area contributed by atoms with Gasteiger partial charge in [0.15, 0.2) is 5.96 Å². The number of benzene rings is 1. The van der Waals surface area contributed by atoms with E-state index in [1.165, 1.54) is 12.1 Å². The standard InChI is InChI=1S/C15H22F3N3O.HI/c1-11(10-22-3)21-14(19-2)20-9-8-12-4-6-13(7-5-12)15(16,17)18;/h4-7,11H,8-10H2,1-3H3,(H2,19,20,21);1H. The van der Waals surface area contributed by atoms with Gasteiger partial charge in [0.2, 0.25) is 0 Å². The summed E-state index contributed by atoms with van der Waals surface area (Å²) in [6, 6.07) is 5.30. The second kappa shape index (κ2) is 10.7. The maximum Gasteiger partial charge on any atom is 0.416 e. The lowest BCUT2D eigenvalue weighted by Crippen LogP contribution is -2.44. The van der Waals surface area contributed by atoms with Gasteiger partial charge >= 0.3 is 6.18 Å². The van der Waals surface area contributed by atoms with Gasteiger partial charge in [0, 0.05) is 26.7 Å². The molecule has 0 aliphatic heterocycles. The molecule has 2 N–H and O–H groups in total. The molecule has 132 valence electrons. The van der Waals surface area contributed by atoms with Gasteiger partial charge in [0.1, 0.15) is 0 Å². The summed E-state index contributed by atoms with van der Waals surface area (Å²) in [6.45, 7) is 3.09. The fourth-order valence-corrected chi connectivity index (χ4v) is 1.91. The highest BCUT2D eigenvalue weighted by Crippen LogP contribution is 2.29. The first-order chi connectivity index (χ1) is 10.4. The van der Waals surface area contributed by atoms with E-state index in [-0.39, 0.29) is 30.0 Å². The Kier molecular flexibility index (Phi) is 10.2. The number of methoxy groups -OCH3 is 1. The molecule has 1 aromatic rings. The molecular weight excluding hydrogens is 422 g/mol. The van der Waals surface area contributed by atoms with Crippen molar-refractivity contribution in [1.82, 2.24) is 10.6 Å². The van der Waals surface area contributed by atoms with Crippen LogP contribution in [0.15, 0.2) is 29.3 Å². The Morgan fingerprint density at radius 2 is 1.87 bits per heavy atom. The maximum atomic E-state index is 12.5. The lowest BCUT2D eigenvalue weighted by atomic mass is 10.1. The summed E-state index contributed by atoms with van der Waals surface area (Å²) in [4.78, 5) is 4.08. The average molecular weight is 445 g/mol. The van der Waals surface area contributed by atoms with Crippen LogP contribution in [0.2, 0.25) is 0 Å². The molecule has 1 rings (SSSR count). The molecule has 0 amide bonds. The Balaban J connectivity index is 0.00000484. The van der Waals surface area contributed by atoms with Crippen LogP contribution in [0.5, 0.6) is 0 Å². The summed E-state index contributed by atoms with van der Waals surface area (Å²) < 4.78 is 42.4. The molecule has 8 heteroatoms. The number of hydrogen-bond acceptors (Lipinski definition) is 2. The van der Waals surface area contributed by atoms with Crippen molar-refractivity contribution < 1.29 is 17.9 Å². The number of aliphatic imine (C=N–C) groups is 1. The number of hydrogen-bond donors (Lipinski definition) is 2. The molecular formula is C15H23F3IN3O. The lowest BCUT2D eigenvalue weighted by Gasteiger charge is -2.17. The Morgan fingerprint density at radius 1 is 1.26 bits per heavy atom. The summed E-state index contributed by atoms with van der Waals surface area (Å²) >= 11 is 0. The number of halogens is 4. The predicted molar refractivity (Wildman–Crippen MR) is 96.4 cm³/mol. The van der Waals surface area contributed by atoms with Gasteiger partial charge in [-0.15, -0.1) is 24.0 Å². The molecule has 0 saturated heterocycles. The van der Waals surface area contributed by atoms with Crippen molar-refractivity contribution in [1.29, 1.82) is 0 Å². The first-order valence-corrected chi connectivity index (χ1v) is 6.99. The van der Waals surface area contributed by atoms with Crippen molar-refractivity contribution in [3.8, 4) is 0 Å². The molecule has 0 aromatic heterocycles. The van der Waals surface area contributed by atoms with Crippen LogP contribution in [0, 0.1) is 0 Å². The normalized spacial score (nSPS) is 13.2. The fourth-order valence-electron chi connectivity index (χ4n) is 1.91. The van der Waals surface area contributed by atoms with Crippen molar-refractivity contribution in [2.75, 3.05) is 27.3 Å². The number of nitrogens with zero attached hydrogens (tertiary/aromatic N) is 1. The molecule has 1 atom stereocenters. The summed E-state index contributed by atoms with van der Waals surface area (Å²) in [6.07, 6.45) is -3.68. The molecule has 0 radical (unpaired) electrons. The van der Waals surface area contributed by atoms with E-state index in [1.54, 1.807) is 14.2 Å². The predicted octanol–water partition coefficient (Wildman–Crippen LogP) is 3.07. The van der Waals surface area contributed by atoms with E-state index in [0.29, 0.717) is 25.5 Å². The molecule has 0 aliphatic carbocycles. The minimum Gasteiger partial charge on any atom is -0.383 e. The number of nitrogens with one attached hydrogen (secondary N) is 2. The van der Waals surface area contributed by atoms with Crippen LogP contribution in [-0.4, -0.2) is 39.3 Å². The van der Waals surface area contributed by atoms with Gasteiger partial charge < -0.3 is 15.4 Å². The highest BCUT2D eigenvalue weighted by molar-refractivity contribution is 14.0. The van der Waals surface area contributed by atoms with E-state index >= 15 is 0 Å². The Hall–Kier alpha value is -1.03. The van der Waals surface area contributed by atoms with E-state index in [1.807, 2.05) is 6.92 Å². The van der Waals surface area contributed by atoms with Gasteiger partial charge in [0.25, 0.3) is 0 Å². The van der Waals surface area contributed by atoms with Crippen LogP contribution < -0.4 is 10.6 Å². The van der Waals surface area contributed by atoms with Crippen molar-refractivity contribution in [3.05, 3.63) is 35.4 Å². The summed E-state index contributed by atoms with van der Waals surface area (Å²) in [7, 11) is 3.28. The molecule has 0 spiro atoms. The average Bonchev–Trinajstić information content (AvgIpc) is 2.46. The highest BCUT2D eigenvalue weighted by Gasteiger charge is 2.29. The molecule has 0 bridgehead atoms. The fraction of sp³-hybridized carbons (Fsp3) is 0.533. The number of guanidine groups is 1. The molecule has 4 nitrogen and oxygen atoms in total. The van der Waals surface area contributed by atoms with Crippen LogP contribution in [0.3, 0.4) is 0 Å². The minimum atomic E-state index is -4.29. The van der Waals surface area contributed by atoms with Crippen molar-refractivity contribution >= 4 is 29.9 Å². The quantitative estimate of drug-likeness (QED) is 0.402. The van der Waals surface area contributed by atoms with Crippen molar-refractivity contribution in [2.24, 2.45) is 4.99 Å². The second-order valence-corrected chi connectivity index (χ2v) is 4.94. The van der Waals surface area contributed by atoms with Crippen LogP contribution in [0.1, 0.15) is 18.1 Å². The largest absolute Gasteiger partial charge is 0.416 e. The first kappa shape index (κ1) is 22.0. The van der Waals surface area contributed by atoms with Gasteiger partial charge in [-0.1, -0.05) is 12.1 Å². The first-order valence-electron chi connectivity index (χ1n) is 6.99. The minimum absolute atomic E-state index is 0. The summed E-state index contributed by atoms with van der Waals surface area (Å²) in [5.41, 5.74) is 0.205. The van der Waals surface area contributed by atoms with E-state index in [0.717, 1.165) is 17.7 Å². The molecule has 0 fully saturated rings. The molecule has 23 heavy (non-hydrogen) atoms. The van der Waals surface area contributed by atoms with Gasteiger partial charge in [-0.2, -0.15) is 13.2 Å². The van der Waals surface area contributed by atoms with Crippen LogP contribution >= 0.6 is 24.0 Å². The van der Waals surface area contributed by atoms with Gasteiger partial charge in [0.05, 0.1) is 12.2 Å². The van der Waals surface area contributed by atoms with Crippen LogP contribution in [0.25, 0.3) is 0 Å². The second-order valence-electron chi connectivity index (χ2n) is 4.94.